The van der Waals surface area contributed by atoms with E-state index in [9.17, 15) is 0 Å². The van der Waals surface area contributed by atoms with E-state index in [-0.39, 0.29) is 6.54 Å². The van der Waals surface area contributed by atoms with Crippen molar-refractivity contribution in [2.24, 2.45) is 0 Å². The number of nitrogens with one attached hydrogen (secondary N) is 1. The van der Waals surface area contributed by atoms with Gasteiger partial charge in [-0.05, 0) is 12.9 Å². The third-order valence-corrected chi connectivity index (χ3v) is 0.551. The Morgan fingerprint density at radius 1 is 2.17 bits per heavy atom. The van der Waals surface area contributed by atoms with Crippen LogP contribution in [0.3, 0.4) is 0 Å². The fourth-order valence-electron chi connectivity index (χ4n) is 0.300. The molecule has 2 heteroatoms. The Labute approximate surface area is 44.2 Å². The van der Waals surface area contributed by atoms with Gasteiger partial charge in [-0.2, -0.15) is 0 Å². The lowest BCUT2D eigenvalue weighted by Gasteiger charge is -1.90. The van der Waals surface area contributed by atoms with Crippen LogP contribution >= 0.6 is 0 Å². The first-order valence-electron chi connectivity index (χ1n) is 4.18. The summed E-state index contributed by atoms with van der Waals surface area (Å²) in [6.07, 6.45) is -4.95. The summed E-state index contributed by atoms with van der Waals surface area (Å²) in [4.78, 5) is 0. The van der Waals surface area contributed by atoms with Crippen LogP contribution in [0.2, 0.25) is 0 Å². The summed E-state index contributed by atoms with van der Waals surface area (Å²) in [5.41, 5.74) is 0. The predicted octanol–water partition coefficient (Wildman–Crippen LogP) is -0.659. The van der Waals surface area contributed by atoms with Crippen molar-refractivity contribution >= 4 is 0 Å². The number of hydrogen-bond donors (Lipinski definition) is 2. The van der Waals surface area contributed by atoms with E-state index >= 15 is 0 Å². The van der Waals surface area contributed by atoms with Crippen LogP contribution in [0.4, 0.5) is 0 Å². The highest BCUT2D eigenvalue weighted by Gasteiger charge is 2.08. The normalized spacial score (nSPS) is 75.8. The Bertz CT molecular complexity index is 161. The van der Waals surface area contributed by atoms with Crippen molar-refractivity contribution in [3.8, 4) is 0 Å². The van der Waals surface area contributed by atoms with Crippen LogP contribution in [0.15, 0.2) is 0 Å². The number of hydrogen-bond acceptors (Lipinski definition) is 2. The Balaban J connectivity index is 3.00. The summed E-state index contributed by atoms with van der Waals surface area (Å²) in [5.74, 6) is 0. The van der Waals surface area contributed by atoms with Gasteiger partial charge in [0.15, 0.2) is 0 Å². The summed E-state index contributed by atoms with van der Waals surface area (Å²) < 4.78 is 35.2. The number of aliphatic hydroxyl groups is 1. The Morgan fingerprint density at radius 2 is 3.00 bits per heavy atom. The zero-order valence-electron chi connectivity index (χ0n) is 8.15. The maximum atomic E-state index is 9.10. The second kappa shape index (κ2) is 1.58. The molecule has 1 saturated heterocycles. The van der Waals surface area contributed by atoms with Crippen LogP contribution in [-0.2, 0) is 0 Å². The maximum Gasteiger partial charge on any atom is 0.0676 e. The SMILES string of the molecule is [2H]C1([2H])CNC([2H])([2H])C1([2H])O. The molecule has 0 aromatic carbocycles. The van der Waals surface area contributed by atoms with Crippen LogP contribution in [-0.4, -0.2) is 24.2 Å². The van der Waals surface area contributed by atoms with Gasteiger partial charge in [0, 0.05) is 12.0 Å². The third-order valence-electron chi connectivity index (χ3n) is 0.551. The zero-order valence-corrected chi connectivity index (χ0v) is 3.15. The second-order valence-electron chi connectivity index (χ2n) is 1.00. The summed E-state index contributed by atoms with van der Waals surface area (Å²) in [6, 6.07) is 0. The minimum atomic E-state index is -2.71. The smallest absolute Gasteiger partial charge is 0.0676 e. The van der Waals surface area contributed by atoms with E-state index in [1.165, 1.54) is 0 Å². The van der Waals surface area contributed by atoms with Gasteiger partial charge in [0.2, 0.25) is 0 Å². The second-order valence-corrected chi connectivity index (χ2v) is 1.00. The van der Waals surface area contributed by atoms with Crippen molar-refractivity contribution in [1.82, 2.24) is 5.32 Å². The summed E-state index contributed by atoms with van der Waals surface area (Å²) in [6.45, 7) is -2.73. The van der Waals surface area contributed by atoms with E-state index in [0.29, 0.717) is 0 Å². The molecule has 0 amide bonds. The minimum Gasteiger partial charge on any atom is -0.392 e. The molecule has 0 aromatic rings. The van der Waals surface area contributed by atoms with E-state index in [4.69, 9.17) is 12.0 Å². The van der Waals surface area contributed by atoms with Crippen molar-refractivity contribution in [2.45, 2.75) is 12.5 Å². The Hall–Kier alpha value is -0.0800. The van der Waals surface area contributed by atoms with Gasteiger partial charge in [-0.3, -0.25) is 0 Å². The number of β-amino-alcohol motifs (C(OH)–C–C–N with tert-alkyl or cyclic N) is 1. The first-order chi connectivity index (χ1) is 4.71. The molecule has 1 aliphatic rings. The van der Waals surface area contributed by atoms with E-state index in [0.717, 1.165) is 0 Å². The lowest BCUT2D eigenvalue weighted by atomic mass is 10.3. The van der Waals surface area contributed by atoms with Gasteiger partial charge in [0.1, 0.15) is 0 Å². The van der Waals surface area contributed by atoms with Crippen molar-refractivity contribution in [2.75, 3.05) is 13.0 Å². The highest BCUT2D eigenvalue weighted by molar-refractivity contribution is 4.67. The fourth-order valence-corrected chi connectivity index (χ4v) is 0.300. The average molecular weight is 92.2 g/mol. The quantitative estimate of drug-likeness (QED) is 0.416. The molecule has 2 nitrogen and oxygen atoms in total. The molecule has 1 fully saturated rings. The van der Waals surface area contributed by atoms with Crippen molar-refractivity contribution in [3.05, 3.63) is 0 Å². The predicted molar refractivity (Wildman–Crippen MR) is 23.5 cm³/mol. The molecule has 0 aromatic heterocycles. The average Bonchev–Trinajstić information content (AvgIpc) is 1.93. The molecule has 0 radical (unpaired) electrons. The van der Waals surface area contributed by atoms with Crippen LogP contribution in [0.5, 0.6) is 0 Å². The van der Waals surface area contributed by atoms with Gasteiger partial charge in [0.05, 0.1) is 7.45 Å². The van der Waals surface area contributed by atoms with Crippen LogP contribution in [0, 0.1) is 0 Å². The van der Waals surface area contributed by atoms with Gasteiger partial charge in [-0.15, -0.1) is 0 Å². The van der Waals surface area contributed by atoms with Gasteiger partial charge in [-0.1, -0.05) is 0 Å². The van der Waals surface area contributed by atoms with Crippen molar-refractivity contribution in [1.29, 1.82) is 0 Å². The van der Waals surface area contributed by atoms with Crippen molar-refractivity contribution in [3.63, 3.8) is 0 Å². The molecule has 1 heterocycles. The number of rotatable bonds is 0. The van der Waals surface area contributed by atoms with E-state index < -0.39 is 18.9 Å². The summed E-state index contributed by atoms with van der Waals surface area (Å²) in [5, 5.41) is 11.2. The molecule has 1 aliphatic heterocycles. The summed E-state index contributed by atoms with van der Waals surface area (Å²) in [7, 11) is 0. The van der Waals surface area contributed by atoms with E-state index in [1.54, 1.807) is 0 Å². The molecular formula is C4H9NO. The zero-order chi connectivity index (χ0) is 8.91. The lowest BCUT2D eigenvalue weighted by Crippen LogP contribution is -2.11. The Kier molecular flexibility index (Phi) is 0.316. The van der Waals surface area contributed by atoms with Crippen molar-refractivity contribution < 1.29 is 12.0 Å². The molecule has 0 bridgehead atoms. The molecule has 2 N–H and O–H groups in total. The molecule has 0 spiro atoms. The first kappa shape index (κ1) is 1.20. The highest BCUT2D eigenvalue weighted by Crippen LogP contribution is 1.93. The fraction of sp³-hybridized carbons (Fsp3) is 1.00. The van der Waals surface area contributed by atoms with Gasteiger partial charge < -0.3 is 10.4 Å². The van der Waals surface area contributed by atoms with Crippen LogP contribution in [0.1, 0.15) is 13.2 Å². The molecule has 1 atom stereocenters. The Morgan fingerprint density at radius 3 is 3.17 bits per heavy atom. The van der Waals surface area contributed by atoms with Crippen LogP contribution in [0.25, 0.3) is 0 Å². The molecule has 36 valence electrons. The van der Waals surface area contributed by atoms with Crippen LogP contribution < -0.4 is 5.32 Å². The molecular weight excluding hydrogens is 78.0 g/mol. The molecule has 0 saturated carbocycles. The van der Waals surface area contributed by atoms with E-state index in [2.05, 4.69) is 5.32 Å². The molecule has 0 aliphatic carbocycles. The van der Waals surface area contributed by atoms with E-state index in [1.807, 2.05) is 0 Å². The first-order valence-corrected chi connectivity index (χ1v) is 1.68. The maximum absolute atomic E-state index is 9.10. The molecule has 1 rings (SSSR count). The van der Waals surface area contributed by atoms with Gasteiger partial charge >= 0.3 is 0 Å². The minimum absolute atomic E-state index is 0.347. The standard InChI is InChI=1S/C4H9NO/c6-4-1-2-5-3-4/h4-6H,1-3H2/i1D2,3D2,4D. The van der Waals surface area contributed by atoms with Gasteiger partial charge in [-0.25, -0.2) is 0 Å². The summed E-state index contributed by atoms with van der Waals surface area (Å²) >= 11 is 0. The highest BCUT2D eigenvalue weighted by atomic mass is 16.3. The topological polar surface area (TPSA) is 32.3 Å². The molecule has 6 heavy (non-hydrogen) atoms. The largest absolute Gasteiger partial charge is 0.392 e. The lowest BCUT2D eigenvalue weighted by molar-refractivity contribution is 0.196. The monoisotopic (exact) mass is 92.1 g/mol. The third kappa shape index (κ3) is 0.698. The van der Waals surface area contributed by atoms with Gasteiger partial charge in [0.25, 0.3) is 0 Å². The molecule has 1 unspecified atom stereocenters.